The SMILES string of the molecule is CC/C=C(/C)C(=O)N1CSC[C@@H]1C(=O)N(C)Cc1ccccc1O. The van der Waals surface area contributed by atoms with Crippen LogP contribution < -0.4 is 0 Å². The molecule has 2 rings (SSSR count). The van der Waals surface area contributed by atoms with Gasteiger partial charge in [0.25, 0.3) is 5.91 Å². The lowest BCUT2D eigenvalue weighted by Gasteiger charge is -2.27. The molecule has 24 heavy (non-hydrogen) atoms. The fourth-order valence-corrected chi connectivity index (χ4v) is 3.84. The molecule has 1 aliphatic rings. The summed E-state index contributed by atoms with van der Waals surface area (Å²) in [5.74, 6) is 1.15. The number of aromatic hydroxyl groups is 1. The van der Waals surface area contributed by atoms with E-state index < -0.39 is 6.04 Å². The molecule has 1 aromatic carbocycles. The molecule has 6 heteroatoms. The Kier molecular flexibility index (Phi) is 6.31. The Hall–Kier alpha value is -1.95. The van der Waals surface area contributed by atoms with Crippen LogP contribution >= 0.6 is 11.8 Å². The number of para-hydroxylation sites is 1. The molecule has 1 aliphatic heterocycles. The summed E-state index contributed by atoms with van der Waals surface area (Å²) in [6.07, 6.45) is 2.68. The van der Waals surface area contributed by atoms with Crippen LogP contribution in [0.2, 0.25) is 0 Å². The number of hydrogen-bond acceptors (Lipinski definition) is 4. The maximum Gasteiger partial charge on any atom is 0.250 e. The molecule has 1 atom stereocenters. The van der Waals surface area contributed by atoms with Crippen LogP contribution in [0.15, 0.2) is 35.9 Å². The van der Waals surface area contributed by atoms with Crippen LogP contribution in [0.25, 0.3) is 0 Å². The number of amides is 2. The molecule has 0 unspecified atom stereocenters. The van der Waals surface area contributed by atoms with Crippen molar-refractivity contribution in [2.24, 2.45) is 0 Å². The average Bonchev–Trinajstić information content (AvgIpc) is 3.05. The van der Waals surface area contributed by atoms with Gasteiger partial charge in [-0.15, -0.1) is 11.8 Å². The number of allylic oxidation sites excluding steroid dienone is 1. The van der Waals surface area contributed by atoms with E-state index in [2.05, 4.69) is 0 Å². The molecule has 130 valence electrons. The number of hydrogen-bond donors (Lipinski definition) is 1. The van der Waals surface area contributed by atoms with Gasteiger partial charge in [0, 0.05) is 30.5 Å². The Labute approximate surface area is 147 Å². The molecule has 1 N–H and O–H groups in total. The van der Waals surface area contributed by atoms with Crippen LogP contribution in [0.4, 0.5) is 0 Å². The van der Waals surface area contributed by atoms with E-state index >= 15 is 0 Å². The van der Waals surface area contributed by atoms with E-state index in [1.807, 2.05) is 19.1 Å². The van der Waals surface area contributed by atoms with Gasteiger partial charge in [0.1, 0.15) is 11.8 Å². The number of nitrogens with zero attached hydrogens (tertiary/aromatic N) is 2. The summed E-state index contributed by atoms with van der Waals surface area (Å²) in [4.78, 5) is 28.5. The quantitative estimate of drug-likeness (QED) is 0.831. The largest absolute Gasteiger partial charge is 0.508 e. The van der Waals surface area contributed by atoms with Crippen LogP contribution in [0.1, 0.15) is 25.8 Å². The molecule has 1 heterocycles. The molecule has 1 fully saturated rings. The maximum absolute atomic E-state index is 12.8. The zero-order valence-electron chi connectivity index (χ0n) is 14.4. The number of phenolic OH excluding ortho intramolecular Hbond substituents is 1. The first-order valence-electron chi connectivity index (χ1n) is 8.03. The molecule has 0 saturated carbocycles. The maximum atomic E-state index is 12.8. The van der Waals surface area contributed by atoms with Crippen molar-refractivity contribution in [2.75, 3.05) is 18.7 Å². The smallest absolute Gasteiger partial charge is 0.250 e. The molecule has 0 spiro atoms. The molecule has 0 radical (unpaired) electrons. The van der Waals surface area contributed by atoms with Gasteiger partial charge in [0.15, 0.2) is 0 Å². The summed E-state index contributed by atoms with van der Waals surface area (Å²) in [7, 11) is 1.70. The number of thioether (sulfide) groups is 1. The zero-order valence-corrected chi connectivity index (χ0v) is 15.2. The van der Waals surface area contributed by atoms with Gasteiger partial charge < -0.3 is 14.9 Å². The summed E-state index contributed by atoms with van der Waals surface area (Å²) >= 11 is 1.59. The second kappa shape index (κ2) is 8.24. The highest BCUT2D eigenvalue weighted by molar-refractivity contribution is 7.99. The molecular formula is C18H24N2O3S. The van der Waals surface area contributed by atoms with E-state index in [4.69, 9.17) is 0 Å². The Morgan fingerprint density at radius 3 is 2.79 bits per heavy atom. The van der Waals surface area contributed by atoms with Gasteiger partial charge in [-0.3, -0.25) is 9.59 Å². The lowest BCUT2D eigenvalue weighted by atomic mass is 10.1. The summed E-state index contributed by atoms with van der Waals surface area (Å²) in [6.45, 7) is 4.10. The fourth-order valence-electron chi connectivity index (χ4n) is 2.70. The summed E-state index contributed by atoms with van der Waals surface area (Å²) in [5, 5.41) is 9.86. The van der Waals surface area contributed by atoms with E-state index in [-0.39, 0.29) is 17.6 Å². The summed E-state index contributed by atoms with van der Waals surface area (Å²) < 4.78 is 0. The third kappa shape index (κ3) is 4.12. The van der Waals surface area contributed by atoms with Gasteiger partial charge in [-0.2, -0.15) is 0 Å². The van der Waals surface area contributed by atoms with Gasteiger partial charge >= 0.3 is 0 Å². The van der Waals surface area contributed by atoms with Crippen molar-refractivity contribution in [2.45, 2.75) is 32.9 Å². The Morgan fingerprint density at radius 1 is 1.42 bits per heavy atom. The number of rotatable bonds is 5. The van der Waals surface area contributed by atoms with Crippen LogP contribution in [0, 0.1) is 0 Å². The first-order chi connectivity index (χ1) is 11.5. The minimum Gasteiger partial charge on any atom is -0.508 e. The Bertz CT molecular complexity index is 645. The highest BCUT2D eigenvalue weighted by atomic mass is 32.2. The van der Waals surface area contributed by atoms with Crippen molar-refractivity contribution in [3.63, 3.8) is 0 Å². The second-order valence-electron chi connectivity index (χ2n) is 5.91. The first kappa shape index (κ1) is 18.4. The number of likely N-dealkylation sites (N-methyl/N-ethyl adjacent to an activating group) is 1. The van der Waals surface area contributed by atoms with Gasteiger partial charge in [-0.05, 0) is 19.4 Å². The van der Waals surface area contributed by atoms with Gasteiger partial charge in [-0.1, -0.05) is 31.2 Å². The average molecular weight is 348 g/mol. The van der Waals surface area contributed by atoms with Gasteiger partial charge in [0.2, 0.25) is 5.91 Å². The lowest BCUT2D eigenvalue weighted by molar-refractivity contribution is -0.141. The van der Waals surface area contributed by atoms with Crippen LogP contribution in [-0.4, -0.2) is 51.4 Å². The van der Waals surface area contributed by atoms with E-state index in [1.165, 1.54) is 0 Å². The highest BCUT2D eigenvalue weighted by Gasteiger charge is 2.36. The third-order valence-electron chi connectivity index (χ3n) is 4.05. The third-order valence-corrected chi connectivity index (χ3v) is 5.06. The molecule has 1 aromatic rings. The number of phenols is 1. The van der Waals surface area contributed by atoms with Crippen molar-refractivity contribution in [3.05, 3.63) is 41.5 Å². The number of benzene rings is 1. The fraction of sp³-hybridized carbons (Fsp3) is 0.444. The van der Waals surface area contributed by atoms with Crippen LogP contribution in [-0.2, 0) is 16.1 Å². The van der Waals surface area contributed by atoms with Crippen LogP contribution in [0.5, 0.6) is 5.75 Å². The van der Waals surface area contributed by atoms with Crippen molar-refractivity contribution in [1.82, 2.24) is 9.80 Å². The van der Waals surface area contributed by atoms with Crippen molar-refractivity contribution < 1.29 is 14.7 Å². The lowest BCUT2D eigenvalue weighted by Crippen LogP contribution is -2.47. The Balaban J connectivity index is 2.08. The van der Waals surface area contributed by atoms with E-state index in [0.29, 0.717) is 29.3 Å². The monoisotopic (exact) mass is 348 g/mol. The molecule has 0 aromatic heterocycles. The van der Waals surface area contributed by atoms with Crippen molar-refractivity contribution >= 4 is 23.6 Å². The summed E-state index contributed by atoms with van der Waals surface area (Å²) in [6, 6.07) is 6.52. The minimum atomic E-state index is -0.446. The molecule has 2 amide bonds. The van der Waals surface area contributed by atoms with E-state index in [0.717, 1.165) is 6.42 Å². The molecular weight excluding hydrogens is 324 g/mol. The number of carbonyl (C=O) groups excluding carboxylic acids is 2. The standard InChI is InChI=1S/C18H24N2O3S/c1-4-7-13(2)17(22)20-12-24-11-15(20)18(23)19(3)10-14-8-5-6-9-16(14)21/h5-9,15,21H,4,10-12H2,1-3H3/b13-7-/t15-/m1/s1. The zero-order chi connectivity index (χ0) is 17.7. The Morgan fingerprint density at radius 2 is 2.12 bits per heavy atom. The summed E-state index contributed by atoms with van der Waals surface area (Å²) in [5.41, 5.74) is 1.38. The second-order valence-corrected chi connectivity index (χ2v) is 6.91. The normalized spacial score (nSPS) is 17.9. The van der Waals surface area contributed by atoms with Crippen molar-refractivity contribution in [3.8, 4) is 5.75 Å². The number of carbonyl (C=O) groups is 2. The molecule has 1 saturated heterocycles. The van der Waals surface area contributed by atoms with Crippen LogP contribution in [0.3, 0.4) is 0 Å². The molecule has 0 bridgehead atoms. The predicted octanol–water partition coefficient (Wildman–Crippen LogP) is 2.61. The van der Waals surface area contributed by atoms with Crippen molar-refractivity contribution in [1.29, 1.82) is 0 Å². The first-order valence-corrected chi connectivity index (χ1v) is 9.18. The van der Waals surface area contributed by atoms with E-state index in [1.54, 1.807) is 53.7 Å². The predicted molar refractivity (Wildman–Crippen MR) is 96.6 cm³/mol. The van der Waals surface area contributed by atoms with E-state index in [9.17, 15) is 14.7 Å². The topological polar surface area (TPSA) is 60.9 Å². The minimum absolute atomic E-state index is 0.0730. The highest BCUT2D eigenvalue weighted by Crippen LogP contribution is 2.25. The van der Waals surface area contributed by atoms with Gasteiger partial charge in [-0.25, -0.2) is 0 Å². The van der Waals surface area contributed by atoms with Gasteiger partial charge in [0.05, 0.1) is 5.88 Å². The molecule has 0 aliphatic carbocycles. The molecule has 5 nitrogen and oxygen atoms in total.